The van der Waals surface area contributed by atoms with Gasteiger partial charge in [-0.25, -0.2) is 0 Å². The summed E-state index contributed by atoms with van der Waals surface area (Å²) in [5.74, 6) is 0. The number of hydrogen-bond donors (Lipinski definition) is 0. The molecule has 1 heterocycles. The van der Waals surface area contributed by atoms with Crippen molar-refractivity contribution >= 4 is 65.0 Å². The van der Waals surface area contributed by atoms with Crippen LogP contribution in [0.25, 0.3) is 87.3 Å². The average molecular weight is 537 g/mol. The van der Waals surface area contributed by atoms with Gasteiger partial charge < -0.3 is 4.42 Å². The van der Waals surface area contributed by atoms with Gasteiger partial charge in [0.1, 0.15) is 11.2 Å². The van der Waals surface area contributed by atoms with E-state index < -0.39 is 90.6 Å². The van der Waals surface area contributed by atoms with Crippen molar-refractivity contribution < 1.29 is 26.3 Å². The molecule has 1 aromatic heterocycles. The Kier molecular flexibility index (Phi) is 2.50. The maximum absolute atomic E-state index is 9.70. The molecule has 0 aliphatic heterocycles. The molecule has 0 amide bonds. The molecular weight excluding hydrogens is 496 g/mol. The normalized spacial score (nSPS) is 17.4. The van der Waals surface area contributed by atoms with Crippen LogP contribution in [0.4, 0.5) is 0 Å². The standard InChI is InChI=1S/C40H24O/c1-2-12-27-24-38-36(22-26(27)11-1)35-23-28(20-21-37(35)41-38)39-31-15-5-7-17-33(31)40(34-18-8-6-16-32(34)39)30-19-9-13-25-10-3-4-14-29(25)30/h1-24H/i1D,2D,3D,4D,9D,10D,11D,12D,13D,14D,19D,20D,21D,22D,23D,24D. The van der Waals surface area contributed by atoms with E-state index in [0.717, 1.165) is 0 Å². The van der Waals surface area contributed by atoms with Crippen LogP contribution in [-0.4, -0.2) is 0 Å². The molecule has 0 spiro atoms. The Balaban J connectivity index is 1.49. The van der Waals surface area contributed by atoms with Crippen molar-refractivity contribution in [2.24, 2.45) is 0 Å². The third kappa shape index (κ3) is 3.30. The van der Waals surface area contributed by atoms with E-state index in [1.54, 1.807) is 48.5 Å². The quantitative estimate of drug-likeness (QED) is 0.200. The van der Waals surface area contributed by atoms with Gasteiger partial charge in [0.15, 0.2) is 0 Å². The van der Waals surface area contributed by atoms with Crippen LogP contribution in [0.2, 0.25) is 0 Å². The fourth-order valence-electron chi connectivity index (χ4n) is 5.65. The Morgan fingerprint density at radius 1 is 0.415 bits per heavy atom. The zero-order valence-electron chi connectivity index (χ0n) is 37.0. The minimum atomic E-state index is -0.610. The fourth-order valence-corrected chi connectivity index (χ4v) is 5.65. The van der Waals surface area contributed by atoms with Crippen LogP contribution >= 0.6 is 0 Å². The Hall–Kier alpha value is -5.40. The molecule has 0 atom stereocenters. The highest BCUT2D eigenvalue weighted by Crippen LogP contribution is 2.46. The average Bonchev–Trinajstić information content (AvgIpc) is 3.62. The van der Waals surface area contributed by atoms with Gasteiger partial charge in [-0.2, -0.15) is 0 Å². The molecule has 8 aromatic carbocycles. The summed E-state index contributed by atoms with van der Waals surface area (Å²) in [6.45, 7) is 0. The lowest BCUT2D eigenvalue weighted by Crippen LogP contribution is -1.91. The molecule has 0 unspecified atom stereocenters. The van der Waals surface area contributed by atoms with Crippen molar-refractivity contribution in [3.63, 3.8) is 0 Å². The van der Waals surface area contributed by atoms with Gasteiger partial charge in [-0.15, -0.1) is 0 Å². The molecule has 1 nitrogen and oxygen atoms in total. The Labute approximate surface area is 259 Å². The Morgan fingerprint density at radius 2 is 1.00 bits per heavy atom. The summed E-state index contributed by atoms with van der Waals surface area (Å²) in [5.41, 5.74) is -0.0176. The summed E-state index contributed by atoms with van der Waals surface area (Å²) in [5, 5.41) is 0.544. The van der Waals surface area contributed by atoms with Gasteiger partial charge in [0, 0.05) is 10.8 Å². The predicted octanol–water partition coefficient (Wildman–Crippen LogP) is 11.5. The predicted molar refractivity (Wildman–Crippen MR) is 175 cm³/mol. The summed E-state index contributed by atoms with van der Waals surface area (Å²) in [7, 11) is 0. The highest BCUT2D eigenvalue weighted by molar-refractivity contribution is 6.24. The van der Waals surface area contributed by atoms with Gasteiger partial charge in [0.05, 0.1) is 21.9 Å². The molecule has 1 heteroatoms. The third-order valence-electron chi connectivity index (χ3n) is 7.38. The first-order chi connectivity index (χ1) is 27.0. The van der Waals surface area contributed by atoms with Crippen molar-refractivity contribution in [2.75, 3.05) is 0 Å². The summed E-state index contributed by atoms with van der Waals surface area (Å²) < 4.78 is 147. The third-order valence-corrected chi connectivity index (χ3v) is 7.38. The lowest BCUT2D eigenvalue weighted by atomic mass is 9.84. The summed E-state index contributed by atoms with van der Waals surface area (Å²) >= 11 is 0. The minimum absolute atomic E-state index is 0.00938. The number of benzene rings is 8. The molecular formula is C40H24O. The van der Waals surface area contributed by atoms with E-state index in [4.69, 9.17) is 20.9 Å². The van der Waals surface area contributed by atoms with Gasteiger partial charge in [-0.05, 0) is 89.5 Å². The van der Waals surface area contributed by atoms with E-state index in [2.05, 4.69) is 0 Å². The minimum Gasteiger partial charge on any atom is -0.456 e. The second kappa shape index (κ2) is 8.55. The van der Waals surface area contributed by atoms with Crippen LogP contribution in [0.15, 0.2) is 150 Å². The van der Waals surface area contributed by atoms with Crippen LogP contribution in [0, 0.1) is 0 Å². The fraction of sp³-hybridized carbons (Fsp3) is 0. The molecule has 0 aliphatic rings. The van der Waals surface area contributed by atoms with Crippen molar-refractivity contribution in [1.82, 2.24) is 0 Å². The molecule has 0 saturated carbocycles. The van der Waals surface area contributed by atoms with E-state index >= 15 is 0 Å². The number of hydrogen-bond acceptors (Lipinski definition) is 1. The lowest BCUT2D eigenvalue weighted by molar-refractivity contribution is 0.669. The smallest absolute Gasteiger partial charge is 0.136 e. The largest absolute Gasteiger partial charge is 0.456 e. The van der Waals surface area contributed by atoms with E-state index in [-0.39, 0.29) is 60.7 Å². The second-order valence-corrected chi connectivity index (χ2v) is 9.60. The molecule has 0 N–H and O–H groups in total. The van der Waals surface area contributed by atoms with Gasteiger partial charge in [0.2, 0.25) is 0 Å². The number of furan rings is 1. The van der Waals surface area contributed by atoms with Crippen molar-refractivity contribution in [2.45, 2.75) is 0 Å². The van der Waals surface area contributed by atoms with Crippen LogP contribution < -0.4 is 0 Å². The van der Waals surface area contributed by atoms with Crippen molar-refractivity contribution in [3.05, 3.63) is 145 Å². The van der Waals surface area contributed by atoms with E-state index in [1.807, 2.05) is 0 Å². The maximum atomic E-state index is 9.70. The molecule has 0 bridgehead atoms. The van der Waals surface area contributed by atoms with E-state index in [9.17, 15) is 5.48 Å². The van der Waals surface area contributed by atoms with Gasteiger partial charge in [-0.3, -0.25) is 0 Å². The molecule has 0 saturated heterocycles. The first-order valence-electron chi connectivity index (χ1n) is 20.8. The number of rotatable bonds is 2. The second-order valence-electron chi connectivity index (χ2n) is 9.60. The highest BCUT2D eigenvalue weighted by Gasteiger charge is 2.19. The molecule has 0 fully saturated rings. The SMILES string of the molecule is [2H]c1c(-c2c3ccccc3c(-c3c([2H])c([2H])c([2H])c4c([2H])c([2H])c([2H])c([2H])c34)c3ccccc23)c([2H])c2c(oc3c([2H])c4c([2H])c([2H])c([2H])c([2H])c4c([2H])c32)c1[2H]. The van der Waals surface area contributed by atoms with Crippen LogP contribution in [0.1, 0.15) is 21.9 Å². The molecule has 190 valence electrons. The van der Waals surface area contributed by atoms with Gasteiger partial charge >= 0.3 is 0 Å². The molecule has 9 rings (SSSR count). The molecule has 0 aliphatic carbocycles. The lowest BCUT2D eigenvalue weighted by Gasteiger charge is -2.18. The maximum Gasteiger partial charge on any atom is 0.136 e. The van der Waals surface area contributed by atoms with Gasteiger partial charge in [-0.1, -0.05) is 121 Å². The van der Waals surface area contributed by atoms with Crippen molar-refractivity contribution in [3.8, 4) is 22.3 Å². The zero-order chi connectivity index (χ0) is 40.8. The summed E-state index contributed by atoms with van der Waals surface area (Å²) in [6, 6.07) is 5.43. The molecule has 9 aromatic rings. The topological polar surface area (TPSA) is 13.1 Å². The van der Waals surface area contributed by atoms with Crippen LogP contribution in [0.3, 0.4) is 0 Å². The van der Waals surface area contributed by atoms with E-state index in [0.29, 0.717) is 32.7 Å². The van der Waals surface area contributed by atoms with Gasteiger partial charge in [0.25, 0.3) is 0 Å². The summed E-state index contributed by atoms with van der Waals surface area (Å²) in [4.78, 5) is 0. The summed E-state index contributed by atoms with van der Waals surface area (Å²) in [6.07, 6.45) is 0. The first-order valence-corrected chi connectivity index (χ1v) is 12.8. The molecule has 41 heavy (non-hydrogen) atoms. The van der Waals surface area contributed by atoms with Crippen LogP contribution in [-0.2, 0) is 0 Å². The zero-order valence-corrected chi connectivity index (χ0v) is 21.0. The molecule has 0 radical (unpaired) electrons. The Morgan fingerprint density at radius 3 is 1.73 bits per heavy atom. The monoisotopic (exact) mass is 536 g/mol. The van der Waals surface area contributed by atoms with Crippen molar-refractivity contribution in [1.29, 1.82) is 0 Å². The first kappa shape index (κ1) is 12.0. The van der Waals surface area contributed by atoms with E-state index in [1.165, 1.54) is 0 Å². The van der Waals surface area contributed by atoms with Crippen LogP contribution in [0.5, 0.6) is 0 Å². The highest BCUT2D eigenvalue weighted by atomic mass is 16.3. The number of fused-ring (bicyclic) bond motifs is 7. The Bertz CT molecular complexity index is 3300.